The number of sulfonamides is 1. The number of nitrogens with one attached hydrogen (secondary N) is 1. The second-order valence-corrected chi connectivity index (χ2v) is 7.61. The number of methoxy groups -OCH3 is 2. The van der Waals surface area contributed by atoms with Gasteiger partial charge in [-0.25, -0.2) is 13.1 Å². The molecule has 0 radical (unpaired) electrons. The highest BCUT2D eigenvalue weighted by Crippen LogP contribution is 2.29. The van der Waals surface area contributed by atoms with Gasteiger partial charge in [0.1, 0.15) is 11.5 Å². The van der Waals surface area contributed by atoms with E-state index in [-0.39, 0.29) is 23.8 Å². The first-order valence-electron chi connectivity index (χ1n) is 8.14. The molecule has 0 saturated heterocycles. The lowest BCUT2D eigenvalue weighted by molar-refractivity contribution is -0.130. The van der Waals surface area contributed by atoms with Crippen molar-refractivity contribution in [2.24, 2.45) is 0 Å². The van der Waals surface area contributed by atoms with Gasteiger partial charge < -0.3 is 18.9 Å². The number of carbonyl (C=O) groups is 1. The minimum Gasteiger partial charge on any atom is -0.493 e. The number of benzene rings is 1. The average molecular weight is 397 g/mol. The van der Waals surface area contributed by atoms with Crippen LogP contribution in [0, 0.1) is 6.92 Å². The van der Waals surface area contributed by atoms with Gasteiger partial charge in [0.2, 0.25) is 15.9 Å². The van der Waals surface area contributed by atoms with Crippen LogP contribution >= 0.6 is 0 Å². The third-order valence-corrected chi connectivity index (χ3v) is 5.26. The van der Waals surface area contributed by atoms with Crippen molar-refractivity contribution in [2.75, 3.05) is 27.8 Å². The van der Waals surface area contributed by atoms with Gasteiger partial charge in [-0.2, -0.15) is 0 Å². The Labute approximate surface area is 158 Å². The quantitative estimate of drug-likeness (QED) is 0.679. The number of hydrogen-bond acceptors (Lipinski definition) is 7. The molecule has 1 aromatic heterocycles. The summed E-state index contributed by atoms with van der Waals surface area (Å²) in [6.07, 6.45) is 0.0137. The van der Waals surface area contributed by atoms with E-state index in [1.165, 1.54) is 37.3 Å². The maximum Gasteiger partial charge on any atom is 0.240 e. The highest BCUT2D eigenvalue weighted by Gasteiger charge is 2.18. The number of carbonyl (C=O) groups excluding carboxylic acids is 1. The summed E-state index contributed by atoms with van der Waals surface area (Å²) in [6.45, 7) is 2.03. The molecule has 0 spiro atoms. The zero-order valence-electron chi connectivity index (χ0n) is 15.7. The topological polar surface area (TPSA) is 111 Å². The third-order valence-electron chi connectivity index (χ3n) is 3.80. The molecule has 0 fully saturated rings. The SMILES string of the molecule is COc1ccc(S(=O)(=O)NCCC(=O)N(C)Cc2cc(C)on2)cc1OC. The molecule has 1 aromatic carbocycles. The molecule has 1 heterocycles. The van der Waals surface area contributed by atoms with Crippen molar-refractivity contribution in [3.05, 3.63) is 35.7 Å². The van der Waals surface area contributed by atoms with Gasteiger partial charge in [-0.1, -0.05) is 5.16 Å². The summed E-state index contributed by atoms with van der Waals surface area (Å²) in [7, 11) is 0.730. The predicted molar refractivity (Wildman–Crippen MR) is 97.1 cm³/mol. The molecule has 2 rings (SSSR count). The van der Waals surface area contributed by atoms with Crippen LogP contribution < -0.4 is 14.2 Å². The van der Waals surface area contributed by atoms with Crippen molar-refractivity contribution >= 4 is 15.9 Å². The number of aromatic nitrogens is 1. The van der Waals surface area contributed by atoms with Gasteiger partial charge in [-0.3, -0.25) is 4.79 Å². The zero-order valence-corrected chi connectivity index (χ0v) is 16.5. The van der Waals surface area contributed by atoms with E-state index < -0.39 is 10.0 Å². The molecule has 0 saturated carbocycles. The molecule has 1 N–H and O–H groups in total. The fourth-order valence-corrected chi connectivity index (χ4v) is 3.42. The molecule has 27 heavy (non-hydrogen) atoms. The molecule has 0 atom stereocenters. The fourth-order valence-electron chi connectivity index (χ4n) is 2.37. The molecule has 0 aliphatic heterocycles. The van der Waals surface area contributed by atoms with Crippen LogP contribution in [-0.4, -0.2) is 52.2 Å². The van der Waals surface area contributed by atoms with Crippen LogP contribution in [0.5, 0.6) is 11.5 Å². The largest absolute Gasteiger partial charge is 0.493 e. The molecule has 0 aliphatic carbocycles. The summed E-state index contributed by atoms with van der Waals surface area (Å²) >= 11 is 0. The van der Waals surface area contributed by atoms with E-state index in [4.69, 9.17) is 14.0 Å². The molecule has 0 unspecified atom stereocenters. The van der Waals surface area contributed by atoms with E-state index in [9.17, 15) is 13.2 Å². The standard InChI is InChI=1S/C17H23N3O6S/c1-12-9-13(19-26-12)11-20(2)17(21)7-8-18-27(22,23)14-5-6-15(24-3)16(10-14)25-4/h5-6,9-10,18H,7-8,11H2,1-4H3. The Morgan fingerprint density at radius 3 is 2.52 bits per heavy atom. The Hall–Kier alpha value is -2.59. The lowest BCUT2D eigenvalue weighted by Gasteiger charge is -2.16. The number of amides is 1. The van der Waals surface area contributed by atoms with Crippen molar-refractivity contribution in [1.82, 2.24) is 14.8 Å². The Morgan fingerprint density at radius 1 is 1.22 bits per heavy atom. The highest BCUT2D eigenvalue weighted by molar-refractivity contribution is 7.89. The molecule has 148 valence electrons. The second kappa shape index (κ2) is 8.87. The van der Waals surface area contributed by atoms with Crippen LogP contribution in [0.3, 0.4) is 0 Å². The van der Waals surface area contributed by atoms with E-state index in [0.29, 0.717) is 29.5 Å². The molecule has 1 amide bonds. The molecular weight excluding hydrogens is 374 g/mol. The van der Waals surface area contributed by atoms with Crippen LogP contribution in [0.15, 0.2) is 33.7 Å². The molecule has 2 aromatic rings. The fraction of sp³-hybridized carbons (Fsp3) is 0.412. The Balaban J connectivity index is 1.92. The van der Waals surface area contributed by atoms with Crippen LogP contribution in [0.2, 0.25) is 0 Å². The summed E-state index contributed by atoms with van der Waals surface area (Å²) in [5.74, 6) is 1.18. The van der Waals surface area contributed by atoms with Gasteiger partial charge in [-0.15, -0.1) is 0 Å². The van der Waals surface area contributed by atoms with Gasteiger partial charge in [0.05, 0.1) is 25.7 Å². The molecule has 0 bridgehead atoms. The monoisotopic (exact) mass is 397 g/mol. The summed E-state index contributed by atoms with van der Waals surface area (Å²) in [5.41, 5.74) is 0.634. The summed E-state index contributed by atoms with van der Waals surface area (Å²) < 4.78 is 42.4. The lowest BCUT2D eigenvalue weighted by Crippen LogP contribution is -2.32. The van der Waals surface area contributed by atoms with Crippen molar-refractivity contribution in [2.45, 2.75) is 24.8 Å². The number of hydrogen-bond donors (Lipinski definition) is 1. The van der Waals surface area contributed by atoms with Crippen molar-refractivity contribution < 1.29 is 27.2 Å². The van der Waals surface area contributed by atoms with Gasteiger partial charge in [0, 0.05) is 32.1 Å². The number of ether oxygens (including phenoxy) is 2. The molecule has 10 heteroatoms. The summed E-state index contributed by atoms with van der Waals surface area (Å²) in [5, 5.41) is 3.83. The van der Waals surface area contributed by atoms with Gasteiger partial charge in [0.25, 0.3) is 0 Å². The predicted octanol–water partition coefficient (Wildman–Crippen LogP) is 1.33. The van der Waals surface area contributed by atoms with E-state index in [2.05, 4.69) is 9.88 Å². The van der Waals surface area contributed by atoms with E-state index in [1.54, 1.807) is 20.0 Å². The number of rotatable bonds is 9. The zero-order chi connectivity index (χ0) is 20.0. The first-order valence-corrected chi connectivity index (χ1v) is 9.63. The van der Waals surface area contributed by atoms with Crippen LogP contribution in [-0.2, 0) is 21.4 Å². The van der Waals surface area contributed by atoms with Gasteiger partial charge in [-0.05, 0) is 19.1 Å². The normalized spacial score (nSPS) is 11.3. The van der Waals surface area contributed by atoms with Crippen LogP contribution in [0.4, 0.5) is 0 Å². The lowest BCUT2D eigenvalue weighted by atomic mass is 10.3. The Morgan fingerprint density at radius 2 is 1.93 bits per heavy atom. The second-order valence-electron chi connectivity index (χ2n) is 5.84. The average Bonchev–Trinajstić information content (AvgIpc) is 3.05. The van der Waals surface area contributed by atoms with E-state index >= 15 is 0 Å². The minimum absolute atomic E-state index is 0.0137. The van der Waals surface area contributed by atoms with Crippen molar-refractivity contribution in [3.8, 4) is 11.5 Å². The third kappa shape index (κ3) is 5.44. The van der Waals surface area contributed by atoms with Crippen LogP contribution in [0.25, 0.3) is 0 Å². The summed E-state index contributed by atoms with van der Waals surface area (Å²) in [4.78, 5) is 13.6. The molecule has 9 nitrogen and oxygen atoms in total. The van der Waals surface area contributed by atoms with E-state index in [1.807, 2.05) is 0 Å². The van der Waals surface area contributed by atoms with Crippen molar-refractivity contribution in [1.29, 1.82) is 0 Å². The maximum atomic E-state index is 12.4. The van der Waals surface area contributed by atoms with E-state index in [0.717, 1.165) is 0 Å². The van der Waals surface area contributed by atoms with Crippen LogP contribution in [0.1, 0.15) is 17.9 Å². The Kier molecular flexibility index (Phi) is 6.81. The summed E-state index contributed by atoms with van der Waals surface area (Å²) in [6, 6.07) is 6.02. The van der Waals surface area contributed by atoms with Gasteiger partial charge in [0.15, 0.2) is 11.5 Å². The highest BCUT2D eigenvalue weighted by atomic mass is 32.2. The first kappa shape index (κ1) is 20.7. The first-order chi connectivity index (χ1) is 12.8. The van der Waals surface area contributed by atoms with Crippen molar-refractivity contribution in [3.63, 3.8) is 0 Å². The smallest absolute Gasteiger partial charge is 0.240 e. The Bertz CT molecular complexity index is 894. The van der Waals surface area contributed by atoms with Gasteiger partial charge >= 0.3 is 0 Å². The maximum absolute atomic E-state index is 12.4. The number of aryl methyl sites for hydroxylation is 1. The minimum atomic E-state index is -3.78. The molecular formula is C17H23N3O6S. The molecule has 0 aliphatic rings. The number of nitrogens with zero attached hydrogens (tertiary/aromatic N) is 2.